The number of aromatic nitrogens is 4. The number of imidazole rings is 1. The van der Waals surface area contributed by atoms with Crippen LogP contribution >= 0.6 is 0 Å². The van der Waals surface area contributed by atoms with Crippen molar-refractivity contribution in [1.29, 1.82) is 0 Å². The van der Waals surface area contributed by atoms with Crippen molar-refractivity contribution in [2.24, 2.45) is 0 Å². The smallest absolute Gasteiger partial charge is 0.407 e. The van der Waals surface area contributed by atoms with Gasteiger partial charge in [-0.05, 0) is 25.0 Å². The van der Waals surface area contributed by atoms with Crippen molar-refractivity contribution in [2.75, 3.05) is 62.5 Å². The number of hydrogen-bond acceptors (Lipinski definition) is 9. The molecule has 0 radical (unpaired) electrons. The first kappa shape index (κ1) is 24.7. The second-order valence-corrected chi connectivity index (χ2v) is 8.83. The van der Waals surface area contributed by atoms with Gasteiger partial charge >= 0.3 is 6.09 Å². The summed E-state index contributed by atoms with van der Waals surface area (Å²) in [7, 11) is 1.45. The number of anilines is 3. The number of likely N-dealkylation sites (tertiary alicyclic amines) is 1. The Kier molecular flexibility index (Phi) is 6.82. The maximum atomic E-state index is 14.2. The van der Waals surface area contributed by atoms with Crippen molar-refractivity contribution in [3.63, 3.8) is 0 Å². The van der Waals surface area contributed by atoms with E-state index in [-0.39, 0.29) is 23.2 Å². The van der Waals surface area contributed by atoms with E-state index in [2.05, 4.69) is 20.3 Å². The Bertz CT molecular complexity index is 1290. The molecule has 2 aliphatic rings. The number of rotatable bonds is 6. The number of piperidine rings is 1. The summed E-state index contributed by atoms with van der Waals surface area (Å²) < 4.78 is 40.4. The first-order chi connectivity index (χ1) is 17.9. The first-order valence-corrected chi connectivity index (χ1v) is 12.0. The molecule has 0 bridgehead atoms. The van der Waals surface area contributed by atoms with Gasteiger partial charge in [0, 0.05) is 32.2 Å². The number of nitrogens with two attached hydrogens (primary N) is 1. The number of carboxylic acid groups (broad SMARTS) is 1. The normalized spacial score (nSPS) is 17.0. The Hall–Kier alpha value is -3.94. The molecule has 4 heterocycles. The molecule has 37 heavy (non-hydrogen) atoms. The number of methoxy groups -OCH3 is 1. The van der Waals surface area contributed by atoms with Gasteiger partial charge in [0.05, 0.1) is 25.8 Å². The summed E-state index contributed by atoms with van der Waals surface area (Å²) in [6.07, 6.45) is -2.77. The topological polar surface area (TPSA) is 144 Å². The van der Waals surface area contributed by atoms with E-state index in [4.69, 9.17) is 15.2 Å². The van der Waals surface area contributed by atoms with Crippen molar-refractivity contribution in [2.45, 2.75) is 25.3 Å². The van der Waals surface area contributed by atoms with Gasteiger partial charge in [0.2, 0.25) is 5.95 Å². The molecular weight excluding hydrogens is 490 g/mol. The maximum absolute atomic E-state index is 14.2. The van der Waals surface area contributed by atoms with Crippen molar-refractivity contribution in [1.82, 2.24) is 24.4 Å². The molecule has 2 aliphatic heterocycles. The van der Waals surface area contributed by atoms with E-state index in [1.54, 1.807) is 18.2 Å². The predicted octanol–water partition coefficient (Wildman–Crippen LogP) is 2.73. The monoisotopic (exact) mass is 518 g/mol. The molecule has 12 nitrogen and oxygen atoms in total. The largest absolute Gasteiger partial charge is 0.494 e. The highest BCUT2D eigenvalue weighted by Gasteiger charge is 2.28. The van der Waals surface area contributed by atoms with E-state index in [9.17, 15) is 18.7 Å². The fraction of sp³-hybridized carbons (Fsp3) is 0.478. The van der Waals surface area contributed by atoms with Gasteiger partial charge in [0.1, 0.15) is 17.0 Å². The van der Waals surface area contributed by atoms with Gasteiger partial charge in [-0.15, -0.1) is 0 Å². The van der Waals surface area contributed by atoms with Crippen LogP contribution in [0.25, 0.3) is 17.0 Å². The number of nitrogens with zero attached hydrogens (tertiary/aromatic N) is 6. The molecule has 0 atom stereocenters. The van der Waals surface area contributed by atoms with Gasteiger partial charge < -0.3 is 35.4 Å². The lowest BCUT2D eigenvalue weighted by Gasteiger charge is -2.32. The average Bonchev–Trinajstić information content (AvgIpc) is 3.31. The zero-order valence-corrected chi connectivity index (χ0v) is 20.2. The van der Waals surface area contributed by atoms with E-state index in [0.717, 1.165) is 0 Å². The summed E-state index contributed by atoms with van der Waals surface area (Å²) in [4.78, 5) is 27.9. The van der Waals surface area contributed by atoms with Crippen molar-refractivity contribution in [3.05, 3.63) is 24.0 Å². The molecule has 0 saturated carbocycles. The molecule has 1 aromatic carbocycles. The van der Waals surface area contributed by atoms with E-state index in [0.29, 0.717) is 75.1 Å². The third kappa shape index (κ3) is 4.75. The summed E-state index contributed by atoms with van der Waals surface area (Å²) in [5.74, 6) is 0.532. The van der Waals surface area contributed by atoms with Gasteiger partial charge in [-0.25, -0.2) is 18.6 Å². The molecule has 1 amide bonds. The molecule has 14 heteroatoms. The lowest BCUT2D eigenvalue weighted by atomic mass is 10.1. The lowest BCUT2D eigenvalue weighted by molar-refractivity contribution is 0.122. The number of nitrogens with one attached hydrogen (secondary N) is 1. The van der Waals surface area contributed by atoms with Crippen LogP contribution in [0.15, 0.2) is 18.2 Å². The molecule has 0 spiro atoms. The van der Waals surface area contributed by atoms with Crippen LogP contribution in [0.2, 0.25) is 0 Å². The Morgan fingerprint density at radius 3 is 2.57 bits per heavy atom. The zero-order chi connectivity index (χ0) is 26.1. The predicted molar refractivity (Wildman–Crippen MR) is 132 cm³/mol. The Morgan fingerprint density at radius 2 is 1.92 bits per heavy atom. The zero-order valence-electron chi connectivity index (χ0n) is 20.2. The van der Waals surface area contributed by atoms with Crippen molar-refractivity contribution < 1.29 is 28.2 Å². The quantitative estimate of drug-likeness (QED) is 0.446. The van der Waals surface area contributed by atoms with Crippen LogP contribution < -0.4 is 20.7 Å². The number of hydrogen-bond donors (Lipinski definition) is 3. The number of morpholine rings is 1. The van der Waals surface area contributed by atoms with Gasteiger partial charge in [-0.2, -0.15) is 9.97 Å². The van der Waals surface area contributed by atoms with E-state index < -0.39 is 18.3 Å². The van der Waals surface area contributed by atoms with Crippen LogP contribution in [-0.2, 0) is 4.74 Å². The molecule has 0 unspecified atom stereocenters. The molecule has 5 rings (SSSR count). The van der Waals surface area contributed by atoms with Crippen LogP contribution in [0.5, 0.6) is 5.75 Å². The summed E-state index contributed by atoms with van der Waals surface area (Å²) in [6.45, 7) is 2.73. The van der Waals surface area contributed by atoms with Crippen molar-refractivity contribution in [3.8, 4) is 11.7 Å². The number of benzene rings is 1. The third-order valence-corrected chi connectivity index (χ3v) is 6.62. The van der Waals surface area contributed by atoms with Crippen molar-refractivity contribution >= 4 is 34.4 Å². The lowest BCUT2D eigenvalue weighted by Crippen LogP contribution is -2.42. The molecular formula is C23H28F2N8O4. The molecule has 2 aromatic heterocycles. The summed E-state index contributed by atoms with van der Waals surface area (Å²) in [6, 6.07) is 4.88. The Labute approximate surface area is 211 Å². The Balaban J connectivity index is 1.61. The minimum Gasteiger partial charge on any atom is -0.494 e. The Morgan fingerprint density at radius 1 is 1.19 bits per heavy atom. The highest BCUT2D eigenvalue weighted by atomic mass is 19.3. The van der Waals surface area contributed by atoms with Gasteiger partial charge in [-0.1, -0.05) is 6.07 Å². The van der Waals surface area contributed by atoms with E-state index >= 15 is 0 Å². The second-order valence-electron chi connectivity index (χ2n) is 8.83. The van der Waals surface area contributed by atoms with Crippen LogP contribution in [0, 0.1) is 0 Å². The number of ether oxygens (including phenoxy) is 2. The number of para-hydroxylation sites is 1. The second kappa shape index (κ2) is 10.2. The van der Waals surface area contributed by atoms with E-state index in [1.165, 1.54) is 16.6 Å². The maximum Gasteiger partial charge on any atom is 0.407 e. The molecule has 2 fully saturated rings. The minimum atomic E-state index is -2.90. The van der Waals surface area contributed by atoms with Crippen LogP contribution in [0.3, 0.4) is 0 Å². The van der Waals surface area contributed by atoms with Gasteiger partial charge in [-0.3, -0.25) is 4.57 Å². The van der Waals surface area contributed by atoms with E-state index in [1.807, 2.05) is 4.90 Å². The van der Waals surface area contributed by atoms with Gasteiger partial charge in [0.25, 0.3) is 6.43 Å². The average molecular weight is 519 g/mol. The summed E-state index contributed by atoms with van der Waals surface area (Å²) in [5.41, 5.74) is 7.44. The number of fused-ring (bicyclic) bond motifs is 1. The third-order valence-electron chi connectivity index (χ3n) is 6.62. The van der Waals surface area contributed by atoms with Crippen LogP contribution in [0.4, 0.5) is 30.9 Å². The molecule has 4 N–H and O–H groups in total. The number of amides is 1. The summed E-state index contributed by atoms with van der Waals surface area (Å²) in [5, 5.41) is 12.6. The minimum absolute atomic E-state index is 0.00721. The highest BCUT2D eigenvalue weighted by molar-refractivity contribution is 5.84. The number of alkyl halides is 2. The first-order valence-electron chi connectivity index (χ1n) is 12.0. The molecule has 3 aromatic rings. The fourth-order valence-electron chi connectivity index (χ4n) is 4.69. The SMILES string of the molecule is COc1cccc2c1nc(C(F)F)n2-c1nc(NC2CCN(C(=O)O)CC2)c(N)c(N2CCOCC2)n1. The molecule has 198 valence electrons. The van der Waals surface area contributed by atoms with Crippen LogP contribution in [-0.4, -0.2) is 88.2 Å². The number of carbonyl (C=O) groups is 1. The fourth-order valence-corrected chi connectivity index (χ4v) is 4.69. The van der Waals surface area contributed by atoms with Crippen LogP contribution in [0.1, 0.15) is 25.1 Å². The van der Waals surface area contributed by atoms with Gasteiger partial charge in [0.15, 0.2) is 17.5 Å². The molecule has 2 saturated heterocycles. The standard InChI is InChI=1S/C23H28F2N8O4/c1-36-15-4-2-3-14-17(15)28-21(18(24)25)33(14)22-29-19(27-13-5-7-32(8-6-13)23(34)35)16(26)20(30-22)31-9-11-37-12-10-31/h2-4,13,18H,5-12,26H2,1H3,(H,34,35)(H,27,29,30). The number of nitrogen functional groups attached to an aromatic ring is 1. The number of halogens is 2. The highest BCUT2D eigenvalue weighted by Crippen LogP contribution is 2.35. The summed E-state index contributed by atoms with van der Waals surface area (Å²) >= 11 is 0. The molecule has 0 aliphatic carbocycles.